The summed E-state index contributed by atoms with van der Waals surface area (Å²) in [6.07, 6.45) is 3.10. The summed E-state index contributed by atoms with van der Waals surface area (Å²) < 4.78 is 0. The lowest BCUT2D eigenvalue weighted by atomic mass is 9.96. The molecule has 1 aromatic carbocycles. The van der Waals surface area contributed by atoms with Crippen LogP contribution in [-0.4, -0.2) is 29.0 Å². The van der Waals surface area contributed by atoms with Gasteiger partial charge in [-0.25, -0.2) is 9.97 Å². The van der Waals surface area contributed by atoms with Gasteiger partial charge in [-0.05, 0) is 31.0 Å². The molecule has 0 aliphatic carbocycles. The highest BCUT2D eigenvalue weighted by atomic mass is 16.1. The van der Waals surface area contributed by atoms with Crippen LogP contribution in [0, 0.1) is 5.92 Å². The molecule has 0 saturated carbocycles. The van der Waals surface area contributed by atoms with E-state index in [1.54, 1.807) is 6.33 Å². The third-order valence-electron chi connectivity index (χ3n) is 3.84. The van der Waals surface area contributed by atoms with Crippen molar-refractivity contribution >= 4 is 28.3 Å². The van der Waals surface area contributed by atoms with Crippen molar-refractivity contribution in [2.45, 2.75) is 12.8 Å². The van der Waals surface area contributed by atoms with Gasteiger partial charge in [-0.3, -0.25) is 4.79 Å². The summed E-state index contributed by atoms with van der Waals surface area (Å²) in [7, 11) is 0. The van der Waals surface area contributed by atoms with E-state index in [1.807, 2.05) is 18.2 Å². The van der Waals surface area contributed by atoms with Gasteiger partial charge in [0.15, 0.2) is 0 Å². The monoisotopic (exact) mass is 271 g/mol. The van der Waals surface area contributed by atoms with E-state index in [1.165, 1.54) is 0 Å². The molecule has 3 rings (SSSR count). The number of anilines is 2. The second-order valence-electron chi connectivity index (χ2n) is 5.14. The number of nitrogens with zero attached hydrogens (tertiary/aromatic N) is 3. The van der Waals surface area contributed by atoms with Gasteiger partial charge in [0.05, 0.1) is 5.52 Å². The third kappa shape index (κ3) is 2.24. The van der Waals surface area contributed by atoms with Crippen molar-refractivity contribution in [1.29, 1.82) is 0 Å². The van der Waals surface area contributed by atoms with Gasteiger partial charge in [0.2, 0.25) is 5.91 Å². The average molecular weight is 271 g/mol. The molecule has 2 heterocycles. The molecule has 0 spiro atoms. The Morgan fingerprint density at radius 3 is 2.70 bits per heavy atom. The number of benzene rings is 1. The number of nitrogens with two attached hydrogens (primary N) is 2. The van der Waals surface area contributed by atoms with Crippen LogP contribution in [0.3, 0.4) is 0 Å². The molecular formula is C14H17N5O. The zero-order valence-electron chi connectivity index (χ0n) is 11.1. The summed E-state index contributed by atoms with van der Waals surface area (Å²) in [5.74, 6) is 0.649. The standard InChI is InChI=1S/C14H17N5O/c15-10-1-2-12-11(7-10)14(18-8-17-12)19-5-3-9(4-6-19)13(16)20/h1-2,7-9H,3-6,15H2,(H2,16,20). The minimum absolute atomic E-state index is 0.0237. The molecule has 104 valence electrons. The molecule has 6 nitrogen and oxygen atoms in total. The lowest BCUT2D eigenvalue weighted by Crippen LogP contribution is -2.39. The van der Waals surface area contributed by atoms with Crippen LogP contribution >= 0.6 is 0 Å². The number of nitrogen functional groups attached to an aromatic ring is 1. The number of hydrogen-bond acceptors (Lipinski definition) is 5. The fourth-order valence-corrected chi connectivity index (χ4v) is 2.69. The summed E-state index contributed by atoms with van der Waals surface area (Å²) in [5.41, 5.74) is 12.8. The van der Waals surface area contributed by atoms with Crippen LogP contribution in [0.4, 0.5) is 11.5 Å². The minimum Gasteiger partial charge on any atom is -0.399 e. The second kappa shape index (κ2) is 4.96. The zero-order chi connectivity index (χ0) is 14.1. The molecule has 1 amide bonds. The van der Waals surface area contributed by atoms with E-state index in [4.69, 9.17) is 11.5 Å². The highest BCUT2D eigenvalue weighted by Gasteiger charge is 2.24. The molecule has 1 aromatic heterocycles. The fourth-order valence-electron chi connectivity index (χ4n) is 2.69. The number of piperidine rings is 1. The third-order valence-corrected chi connectivity index (χ3v) is 3.84. The smallest absolute Gasteiger partial charge is 0.220 e. The summed E-state index contributed by atoms with van der Waals surface area (Å²) in [5, 5.41) is 0.949. The first-order valence-corrected chi connectivity index (χ1v) is 6.69. The number of aromatic nitrogens is 2. The number of fused-ring (bicyclic) bond motifs is 1. The van der Waals surface area contributed by atoms with Crippen LogP contribution in [0.1, 0.15) is 12.8 Å². The SMILES string of the molecule is NC(=O)C1CCN(c2ncnc3ccc(N)cc23)CC1. The van der Waals surface area contributed by atoms with Gasteiger partial charge >= 0.3 is 0 Å². The molecule has 0 bridgehead atoms. The Hall–Kier alpha value is -2.37. The van der Waals surface area contributed by atoms with Crippen molar-refractivity contribution in [3.63, 3.8) is 0 Å². The molecule has 0 atom stereocenters. The van der Waals surface area contributed by atoms with Gasteiger partial charge < -0.3 is 16.4 Å². The molecule has 1 saturated heterocycles. The van der Waals surface area contributed by atoms with E-state index in [0.717, 1.165) is 42.7 Å². The van der Waals surface area contributed by atoms with Gasteiger partial charge in [-0.15, -0.1) is 0 Å². The zero-order valence-corrected chi connectivity index (χ0v) is 11.1. The minimum atomic E-state index is -0.207. The number of rotatable bonds is 2. The van der Waals surface area contributed by atoms with E-state index < -0.39 is 0 Å². The van der Waals surface area contributed by atoms with Crippen LogP contribution in [-0.2, 0) is 4.79 Å². The first-order valence-electron chi connectivity index (χ1n) is 6.69. The van der Waals surface area contributed by atoms with Crippen molar-refractivity contribution in [2.24, 2.45) is 11.7 Å². The normalized spacial score (nSPS) is 16.5. The largest absolute Gasteiger partial charge is 0.399 e. The number of amides is 1. The Kier molecular flexibility index (Phi) is 3.14. The van der Waals surface area contributed by atoms with E-state index in [0.29, 0.717) is 5.69 Å². The van der Waals surface area contributed by atoms with Crippen molar-refractivity contribution < 1.29 is 4.79 Å². The van der Waals surface area contributed by atoms with Crippen molar-refractivity contribution in [1.82, 2.24) is 9.97 Å². The highest BCUT2D eigenvalue weighted by Crippen LogP contribution is 2.28. The Morgan fingerprint density at radius 1 is 1.25 bits per heavy atom. The maximum absolute atomic E-state index is 11.2. The number of hydrogen-bond donors (Lipinski definition) is 2. The van der Waals surface area contributed by atoms with Crippen LogP contribution in [0.5, 0.6) is 0 Å². The van der Waals surface area contributed by atoms with Gasteiger partial charge in [-0.2, -0.15) is 0 Å². The Balaban J connectivity index is 1.91. The maximum Gasteiger partial charge on any atom is 0.220 e. The van der Waals surface area contributed by atoms with Gasteiger partial charge in [0.1, 0.15) is 12.1 Å². The fraction of sp³-hybridized carbons (Fsp3) is 0.357. The Labute approximate surface area is 116 Å². The van der Waals surface area contributed by atoms with E-state index >= 15 is 0 Å². The summed E-state index contributed by atoms with van der Waals surface area (Å²) >= 11 is 0. The molecule has 4 N–H and O–H groups in total. The predicted octanol–water partition coefficient (Wildman–Crippen LogP) is 0.914. The predicted molar refractivity (Wildman–Crippen MR) is 78.1 cm³/mol. The molecule has 1 aliphatic heterocycles. The Morgan fingerprint density at radius 2 is 2.00 bits per heavy atom. The van der Waals surface area contributed by atoms with E-state index in [2.05, 4.69) is 14.9 Å². The van der Waals surface area contributed by atoms with E-state index in [-0.39, 0.29) is 11.8 Å². The molecular weight excluding hydrogens is 254 g/mol. The van der Waals surface area contributed by atoms with Crippen molar-refractivity contribution in [3.05, 3.63) is 24.5 Å². The summed E-state index contributed by atoms with van der Waals surface area (Å²) in [6, 6.07) is 5.62. The van der Waals surface area contributed by atoms with Crippen molar-refractivity contribution in [2.75, 3.05) is 23.7 Å². The Bertz CT molecular complexity index is 649. The molecule has 1 fully saturated rings. The number of primary amides is 1. The quantitative estimate of drug-likeness (QED) is 0.791. The summed E-state index contributed by atoms with van der Waals surface area (Å²) in [6.45, 7) is 1.54. The molecule has 6 heteroatoms. The lowest BCUT2D eigenvalue weighted by molar-refractivity contribution is -0.122. The van der Waals surface area contributed by atoms with Gasteiger partial charge in [0, 0.05) is 30.1 Å². The highest BCUT2D eigenvalue weighted by molar-refractivity contribution is 5.91. The first-order chi connectivity index (χ1) is 9.65. The molecule has 20 heavy (non-hydrogen) atoms. The molecule has 0 radical (unpaired) electrons. The van der Waals surface area contributed by atoms with Gasteiger partial charge in [0.25, 0.3) is 0 Å². The van der Waals surface area contributed by atoms with E-state index in [9.17, 15) is 4.79 Å². The second-order valence-corrected chi connectivity index (χ2v) is 5.14. The van der Waals surface area contributed by atoms with Crippen LogP contribution in [0.25, 0.3) is 10.9 Å². The van der Waals surface area contributed by atoms with Crippen LogP contribution in [0.2, 0.25) is 0 Å². The van der Waals surface area contributed by atoms with Crippen molar-refractivity contribution in [3.8, 4) is 0 Å². The first kappa shape index (κ1) is 12.7. The molecule has 1 aliphatic rings. The number of carbonyl (C=O) groups excluding carboxylic acids is 1. The van der Waals surface area contributed by atoms with Crippen LogP contribution in [0.15, 0.2) is 24.5 Å². The average Bonchev–Trinajstić information content (AvgIpc) is 2.46. The molecule has 0 unspecified atom stereocenters. The maximum atomic E-state index is 11.2. The number of carbonyl (C=O) groups is 1. The van der Waals surface area contributed by atoms with Gasteiger partial charge in [-0.1, -0.05) is 0 Å². The topological polar surface area (TPSA) is 98.1 Å². The molecule has 2 aromatic rings. The summed E-state index contributed by atoms with van der Waals surface area (Å²) in [4.78, 5) is 22.0. The van der Waals surface area contributed by atoms with Crippen LogP contribution < -0.4 is 16.4 Å². The lowest BCUT2D eigenvalue weighted by Gasteiger charge is -2.31.